The molecule has 0 saturated heterocycles. The molecule has 0 saturated carbocycles. The molecule has 0 spiro atoms. The number of carbonyl (C=O) groups excluding carboxylic acids is 2. The van der Waals surface area contributed by atoms with Crippen LogP contribution in [0.1, 0.15) is 28.3 Å². The Kier molecular flexibility index (Phi) is 3.26. The van der Waals surface area contributed by atoms with E-state index in [9.17, 15) is 24.8 Å². The summed E-state index contributed by atoms with van der Waals surface area (Å²) < 4.78 is 5.19. The number of aliphatic hydroxyl groups is 1. The van der Waals surface area contributed by atoms with E-state index in [2.05, 4.69) is 5.32 Å². The van der Waals surface area contributed by atoms with Gasteiger partial charge in [-0.2, -0.15) is 0 Å². The van der Waals surface area contributed by atoms with Crippen molar-refractivity contribution in [3.05, 3.63) is 57.5 Å². The zero-order chi connectivity index (χ0) is 16.8. The number of fused-ring (bicyclic) bond motifs is 1. The maximum absolute atomic E-state index is 12.2. The van der Waals surface area contributed by atoms with E-state index in [4.69, 9.17) is 4.42 Å². The Bertz CT molecular complexity index is 840. The van der Waals surface area contributed by atoms with E-state index in [1.807, 2.05) is 0 Å². The number of ketones is 1. The fourth-order valence-electron chi connectivity index (χ4n) is 2.52. The number of hydrogen-bond donors (Lipinski definition) is 2. The molecule has 1 aromatic heterocycles. The SMILES string of the molecule is Cc1ccc(C(=O)C[C@]2(O)C(=O)Nc3ccc([N+](=O)[O-])cc32)o1. The fourth-order valence-corrected chi connectivity index (χ4v) is 2.52. The van der Waals surface area contributed by atoms with E-state index in [-0.39, 0.29) is 22.7 Å². The highest BCUT2D eigenvalue weighted by Crippen LogP contribution is 2.40. The topological polar surface area (TPSA) is 123 Å². The number of nitro benzene ring substituents is 1. The summed E-state index contributed by atoms with van der Waals surface area (Å²) in [6.07, 6.45) is -0.569. The number of Topliss-reactive ketones (excluding diaryl/α,β-unsaturated/α-hetero) is 1. The quantitative estimate of drug-likeness (QED) is 0.504. The van der Waals surface area contributed by atoms with Crippen LogP contribution in [0.2, 0.25) is 0 Å². The summed E-state index contributed by atoms with van der Waals surface area (Å²) in [6, 6.07) is 6.66. The Labute approximate surface area is 129 Å². The van der Waals surface area contributed by atoms with Gasteiger partial charge in [0, 0.05) is 23.4 Å². The summed E-state index contributed by atoms with van der Waals surface area (Å²) in [4.78, 5) is 34.6. The van der Waals surface area contributed by atoms with Gasteiger partial charge in [0.25, 0.3) is 11.6 Å². The number of anilines is 1. The molecule has 2 N–H and O–H groups in total. The molecule has 8 heteroatoms. The fraction of sp³-hybridized carbons (Fsp3) is 0.200. The van der Waals surface area contributed by atoms with Crippen LogP contribution >= 0.6 is 0 Å². The lowest BCUT2D eigenvalue weighted by atomic mass is 9.89. The molecule has 0 unspecified atom stereocenters. The maximum atomic E-state index is 12.2. The van der Waals surface area contributed by atoms with Crippen LogP contribution in [-0.2, 0) is 10.4 Å². The molecular weight excluding hydrogens is 304 g/mol. The molecule has 1 aliphatic rings. The normalized spacial score (nSPS) is 19.3. The lowest BCUT2D eigenvalue weighted by Crippen LogP contribution is -2.36. The third-order valence-electron chi connectivity index (χ3n) is 3.71. The summed E-state index contributed by atoms with van der Waals surface area (Å²) in [5, 5.41) is 24.0. The number of non-ortho nitro benzene ring substituents is 1. The number of nitrogens with one attached hydrogen (secondary N) is 1. The van der Waals surface area contributed by atoms with Crippen molar-refractivity contribution in [2.75, 3.05) is 5.32 Å². The van der Waals surface area contributed by atoms with Crippen LogP contribution in [0.3, 0.4) is 0 Å². The van der Waals surface area contributed by atoms with Crippen molar-refractivity contribution in [1.29, 1.82) is 0 Å². The second-order valence-corrected chi connectivity index (χ2v) is 5.31. The number of hydrogen-bond acceptors (Lipinski definition) is 6. The molecule has 3 rings (SSSR count). The van der Waals surface area contributed by atoms with E-state index in [0.29, 0.717) is 5.76 Å². The Morgan fingerprint density at radius 2 is 2.13 bits per heavy atom. The average Bonchev–Trinajstić information content (AvgIpc) is 3.02. The molecule has 0 fully saturated rings. The molecule has 118 valence electrons. The molecule has 0 aliphatic carbocycles. The van der Waals surface area contributed by atoms with E-state index < -0.39 is 28.6 Å². The van der Waals surface area contributed by atoms with Crippen LogP contribution in [0.25, 0.3) is 0 Å². The van der Waals surface area contributed by atoms with Crippen LogP contribution in [0.5, 0.6) is 0 Å². The molecule has 1 aliphatic heterocycles. The summed E-state index contributed by atoms with van der Waals surface area (Å²) in [5.74, 6) is -0.838. The lowest BCUT2D eigenvalue weighted by molar-refractivity contribution is -0.385. The zero-order valence-corrected chi connectivity index (χ0v) is 12.0. The van der Waals surface area contributed by atoms with Crippen molar-refractivity contribution >= 4 is 23.1 Å². The minimum absolute atomic E-state index is 0.00771. The predicted molar refractivity (Wildman–Crippen MR) is 78.0 cm³/mol. The van der Waals surface area contributed by atoms with Crippen LogP contribution in [-0.4, -0.2) is 21.7 Å². The van der Waals surface area contributed by atoms with E-state index >= 15 is 0 Å². The van der Waals surface area contributed by atoms with Gasteiger partial charge in [-0.05, 0) is 25.1 Å². The Morgan fingerprint density at radius 3 is 2.74 bits per heavy atom. The molecule has 23 heavy (non-hydrogen) atoms. The first kappa shape index (κ1) is 14.9. The van der Waals surface area contributed by atoms with Crippen molar-refractivity contribution in [3.63, 3.8) is 0 Å². The first-order chi connectivity index (χ1) is 10.8. The van der Waals surface area contributed by atoms with Gasteiger partial charge in [0.05, 0.1) is 11.3 Å². The highest BCUT2D eigenvalue weighted by molar-refractivity contribution is 6.09. The monoisotopic (exact) mass is 316 g/mol. The number of benzene rings is 1. The summed E-state index contributed by atoms with van der Waals surface area (Å²) in [5.41, 5.74) is -2.20. The Balaban J connectivity index is 1.98. The van der Waals surface area contributed by atoms with Crippen molar-refractivity contribution in [3.8, 4) is 0 Å². The third kappa shape index (κ3) is 2.38. The molecule has 1 amide bonds. The van der Waals surface area contributed by atoms with Crippen LogP contribution in [0.4, 0.5) is 11.4 Å². The van der Waals surface area contributed by atoms with Gasteiger partial charge in [-0.1, -0.05) is 0 Å². The zero-order valence-electron chi connectivity index (χ0n) is 12.0. The van der Waals surface area contributed by atoms with Gasteiger partial charge in [0.15, 0.2) is 11.4 Å². The molecule has 0 bridgehead atoms. The largest absolute Gasteiger partial charge is 0.458 e. The minimum atomic E-state index is -2.17. The van der Waals surface area contributed by atoms with Crippen molar-refractivity contribution < 1.29 is 24.0 Å². The van der Waals surface area contributed by atoms with Crippen LogP contribution in [0.15, 0.2) is 34.7 Å². The number of rotatable bonds is 4. The molecule has 8 nitrogen and oxygen atoms in total. The number of aryl methyl sites for hydroxylation is 1. The number of amides is 1. The van der Waals surface area contributed by atoms with Crippen molar-refractivity contribution in [2.45, 2.75) is 18.9 Å². The second kappa shape index (κ2) is 5.03. The van der Waals surface area contributed by atoms with Gasteiger partial charge >= 0.3 is 0 Å². The standard InChI is InChI=1S/C15H12N2O6/c1-8-2-5-13(23-8)12(18)7-15(20)10-6-9(17(21)22)3-4-11(10)16-14(15)19/h2-6,20H,7H2,1H3,(H,16,19)/t15-/m1/s1. The molecular formula is C15H12N2O6. The molecule has 1 atom stereocenters. The molecule has 0 radical (unpaired) electrons. The predicted octanol–water partition coefficient (Wildman–Crippen LogP) is 1.91. The molecule has 1 aromatic carbocycles. The van der Waals surface area contributed by atoms with E-state index in [1.165, 1.54) is 18.2 Å². The minimum Gasteiger partial charge on any atom is -0.458 e. The third-order valence-corrected chi connectivity index (χ3v) is 3.71. The highest BCUT2D eigenvalue weighted by atomic mass is 16.6. The average molecular weight is 316 g/mol. The van der Waals surface area contributed by atoms with E-state index in [1.54, 1.807) is 13.0 Å². The first-order valence-corrected chi connectivity index (χ1v) is 6.73. The Morgan fingerprint density at radius 1 is 1.39 bits per heavy atom. The summed E-state index contributed by atoms with van der Waals surface area (Å²) in [6.45, 7) is 1.66. The van der Waals surface area contributed by atoms with Gasteiger partial charge in [0.1, 0.15) is 5.76 Å². The number of carbonyl (C=O) groups is 2. The summed E-state index contributed by atoms with van der Waals surface area (Å²) >= 11 is 0. The van der Waals surface area contributed by atoms with Gasteiger partial charge < -0.3 is 14.8 Å². The molecule has 2 heterocycles. The molecule has 2 aromatic rings. The Hall–Kier alpha value is -3.00. The van der Waals surface area contributed by atoms with Crippen LogP contribution in [0, 0.1) is 17.0 Å². The van der Waals surface area contributed by atoms with Gasteiger partial charge in [-0.25, -0.2) is 0 Å². The number of nitrogens with zero attached hydrogens (tertiary/aromatic N) is 1. The van der Waals surface area contributed by atoms with Gasteiger partial charge in [-0.15, -0.1) is 0 Å². The lowest BCUT2D eigenvalue weighted by Gasteiger charge is -2.19. The number of furan rings is 1. The van der Waals surface area contributed by atoms with Gasteiger partial charge in [-0.3, -0.25) is 19.7 Å². The first-order valence-electron chi connectivity index (χ1n) is 6.73. The smallest absolute Gasteiger partial charge is 0.269 e. The van der Waals surface area contributed by atoms with Crippen LogP contribution < -0.4 is 5.32 Å². The highest BCUT2D eigenvalue weighted by Gasteiger charge is 2.48. The van der Waals surface area contributed by atoms with Gasteiger partial charge in [0.2, 0.25) is 5.78 Å². The second-order valence-electron chi connectivity index (χ2n) is 5.31. The van der Waals surface area contributed by atoms with Crippen molar-refractivity contribution in [1.82, 2.24) is 0 Å². The maximum Gasteiger partial charge on any atom is 0.269 e. The number of nitro groups is 1. The van der Waals surface area contributed by atoms with Crippen molar-refractivity contribution in [2.24, 2.45) is 0 Å². The van der Waals surface area contributed by atoms with E-state index in [0.717, 1.165) is 6.07 Å². The summed E-state index contributed by atoms with van der Waals surface area (Å²) in [7, 11) is 0.